The van der Waals surface area contributed by atoms with E-state index in [0.29, 0.717) is 17.0 Å². The van der Waals surface area contributed by atoms with Crippen LogP contribution < -0.4 is 4.74 Å². The molecule has 3 rings (SSSR count). The van der Waals surface area contributed by atoms with Crippen LogP contribution in [-0.4, -0.2) is 52.4 Å². The molecule has 10 heteroatoms. The summed E-state index contributed by atoms with van der Waals surface area (Å²) in [6.45, 7) is 3.70. The Bertz CT molecular complexity index is 1050. The Morgan fingerprint density at radius 3 is 2.12 bits per heavy atom. The van der Waals surface area contributed by atoms with Crippen LogP contribution in [0.3, 0.4) is 0 Å². The fourth-order valence-electron chi connectivity index (χ4n) is 3.28. The third-order valence-electron chi connectivity index (χ3n) is 4.60. The van der Waals surface area contributed by atoms with Crippen molar-refractivity contribution in [3.8, 4) is 23.1 Å². The molecule has 1 aliphatic rings. The van der Waals surface area contributed by atoms with Gasteiger partial charge in [0.15, 0.2) is 23.7 Å². The van der Waals surface area contributed by atoms with Crippen LogP contribution in [0.2, 0.25) is 0 Å². The van der Waals surface area contributed by atoms with Gasteiger partial charge >= 0.3 is 17.9 Å². The molecule has 0 N–H and O–H groups in total. The highest BCUT2D eigenvalue weighted by Crippen LogP contribution is 2.34. The Kier molecular flexibility index (Phi) is 7.90. The lowest BCUT2D eigenvalue weighted by Gasteiger charge is -2.39. The van der Waals surface area contributed by atoms with Crippen molar-refractivity contribution in [3.63, 3.8) is 0 Å². The van der Waals surface area contributed by atoms with E-state index in [2.05, 4.69) is 11.1 Å². The van der Waals surface area contributed by atoms with E-state index >= 15 is 0 Å². The van der Waals surface area contributed by atoms with E-state index in [4.69, 9.17) is 24.2 Å². The summed E-state index contributed by atoms with van der Waals surface area (Å²) in [6.07, 6.45) is -1.30. The molecule has 2 heterocycles. The van der Waals surface area contributed by atoms with Gasteiger partial charge < -0.3 is 18.9 Å². The van der Waals surface area contributed by atoms with Crippen LogP contribution in [0.4, 0.5) is 0 Å². The molecule has 0 unspecified atom stereocenters. The van der Waals surface area contributed by atoms with E-state index in [9.17, 15) is 14.4 Å². The first-order valence-corrected chi connectivity index (χ1v) is 11.1. The second-order valence-corrected chi connectivity index (χ2v) is 8.32. The molecule has 1 saturated heterocycles. The van der Waals surface area contributed by atoms with Crippen LogP contribution >= 0.6 is 11.8 Å². The van der Waals surface area contributed by atoms with E-state index in [-0.39, 0.29) is 5.75 Å². The summed E-state index contributed by atoms with van der Waals surface area (Å²) in [7, 11) is 0. The number of nitrogens with zero attached hydrogens (tertiary/aromatic N) is 2. The standard InChI is InChI=1S/C23H22N2O7S/c1-13(26)29-20-12-33-23(22(31-15(3)28)21(20)30-14(2)27)32-18-8-9-19(25-11-18)17-6-4-16(10-24)5-7-17/h4-9,11,20-23H,12H2,1-3H3/t20-,21+,22-,23-/m1/s1. The number of carbonyl (C=O) groups excluding carboxylic acids is 3. The van der Waals surface area contributed by atoms with E-state index in [0.717, 1.165) is 5.56 Å². The summed E-state index contributed by atoms with van der Waals surface area (Å²) in [6, 6.07) is 12.6. The molecule has 0 radical (unpaired) electrons. The van der Waals surface area contributed by atoms with Crippen molar-refractivity contribution < 1.29 is 33.3 Å². The summed E-state index contributed by atoms with van der Waals surface area (Å²) in [5.74, 6) is -1.05. The number of pyridine rings is 1. The lowest BCUT2D eigenvalue weighted by molar-refractivity contribution is -0.186. The van der Waals surface area contributed by atoms with E-state index in [1.807, 2.05) is 0 Å². The van der Waals surface area contributed by atoms with Gasteiger partial charge in [0, 0.05) is 32.1 Å². The number of hydrogen-bond donors (Lipinski definition) is 0. The number of rotatable bonds is 6. The first kappa shape index (κ1) is 24.1. The van der Waals surface area contributed by atoms with Gasteiger partial charge in [-0.1, -0.05) is 12.1 Å². The van der Waals surface area contributed by atoms with Gasteiger partial charge in [-0.25, -0.2) is 0 Å². The predicted molar refractivity (Wildman–Crippen MR) is 118 cm³/mol. The molecule has 0 amide bonds. The van der Waals surface area contributed by atoms with Crippen LogP contribution in [0.25, 0.3) is 11.3 Å². The van der Waals surface area contributed by atoms with Crippen molar-refractivity contribution >= 4 is 29.7 Å². The second-order valence-electron chi connectivity index (χ2n) is 7.18. The number of ether oxygens (including phenoxy) is 4. The number of hydrogen-bond acceptors (Lipinski definition) is 10. The number of nitriles is 1. The summed E-state index contributed by atoms with van der Waals surface area (Å²) < 4.78 is 22.1. The van der Waals surface area contributed by atoms with Gasteiger partial charge in [-0.2, -0.15) is 5.26 Å². The molecule has 172 valence electrons. The van der Waals surface area contributed by atoms with Gasteiger partial charge in [-0.3, -0.25) is 19.4 Å². The molecule has 0 aliphatic carbocycles. The SMILES string of the molecule is CC(=O)O[C@@H]1[C@@H](OC(C)=O)[C@H](OC(C)=O)CS[C@H]1Oc1ccc(-c2ccc(C#N)cc2)nc1. The molecular formula is C23H22N2O7S. The Morgan fingerprint density at radius 1 is 0.939 bits per heavy atom. The maximum absolute atomic E-state index is 11.7. The first-order chi connectivity index (χ1) is 15.8. The monoisotopic (exact) mass is 470 g/mol. The van der Waals surface area contributed by atoms with Crippen LogP contribution in [0.5, 0.6) is 5.75 Å². The highest BCUT2D eigenvalue weighted by atomic mass is 32.2. The maximum Gasteiger partial charge on any atom is 0.303 e. The van der Waals surface area contributed by atoms with Crippen molar-refractivity contribution in [2.75, 3.05) is 5.75 Å². The molecule has 2 aromatic rings. The number of thioether (sulfide) groups is 1. The Morgan fingerprint density at radius 2 is 1.58 bits per heavy atom. The van der Waals surface area contributed by atoms with Gasteiger partial charge in [0.05, 0.1) is 23.5 Å². The van der Waals surface area contributed by atoms with Gasteiger partial charge in [-0.05, 0) is 24.3 Å². The number of esters is 3. The molecule has 9 nitrogen and oxygen atoms in total. The minimum absolute atomic E-state index is 0.275. The molecule has 1 aliphatic heterocycles. The summed E-state index contributed by atoms with van der Waals surface area (Å²) >= 11 is 1.27. The zero-order valence-corrected chi connectivity index (χ0v) is 19.0. The summed E-state index contributed by atoms with van der Waals surface area (Å²) in [4.78, 5) is 39.3. The Labute approximate surface area is 195 Å². The largest absolute Gasteiger partial charge is 0.474 e. The molecule has 4 atom stereocenters. The number of aromatic nitrogens is 1. The average Bonchev–Trinajstić information content (AvgIpc) is 2.77. The highest BCUT2D eigenvalue weighted by molar-refractivity contribution is 7.99. The van der Waals surface area contributed by atoms with Gasteiger partial charge in [-0.15, -0.1) is 11.8 Å². The number of benzene rings is 1. The van der Waals surface area contributed by atoms with E-state index in [1.165, 1.54) is 38.7 Å². The lowest BCUT2D eigenvalue weighted by atomic mass is 10.1. The number of carbonyl (C=O) groups is 3. The summed E-state index contributed by atoms with van der Waals surface area (Å²) in [5, 5.41) is 8.93. The fourth-order valence-corrected chi connectivity index (χ4v) is 4.50. The molecule has 0 spiro atoms. The molecule has 33 heavy (non-hydrogen) atoms. The topological polar surface area (TPSA) is 125 Å². The van der Waals surface area contributed by atoms with Crippen molar-refractivity contribution in [3.05, 3.63) is 48.2 Å². The first-order valence-electron chi connectivity index (χ1n) is 10.0. The molecule has 0 bridgehead atoms. The van der Waals surface area contributed by atoms with E-state index in [1.54, 1.807) is 36.4 Å². The molecule has 1 fully saturated rings. The molecular weight excluding hydrogens is 448 g/mol. The zero-order chi connectivity index (χ0) is 24.0. The van der Waals surface area contributed by atoms with Crippen LogP contribution in [0.1, 0.15) is 26.3 Å². The quantitative estimate of drug-likeness (QED) is 0.459. The van der Waals surface area contributed by atoms with Gasteiger partial charge in [0.1, 0.15) is 5.75 Å². The minimum Gasteiger partial charge on any atom is -0.474 e. The average molecular weight is 471 g/mol. The minimum atomic E-state index is -1.02. The lowest BCUT2D eigenvalue weighted by Crippen LogP contribution is -2.55. The Hall–Kier alpha value is -3.58. The third kappa shape index (κ3) is 6.46. The maximum atomic E-state index is 11.7. The van der Waals surface area contributed by atoms with Crippen molar-refractivity contribution in [1.29, 1.82) is 5.26 Å². The third-order valence-corrected chi connectivity index (χ3v) is 5.82. The fraction of sp³-hybridized carbons (Fsp3) is 0.348. The van der Waals surface area contributed by atoms with Crippen molar-refractivity contribution in [1.82, 2.24) is 4.98 Å². The Balaban J connectivity index is 1.79. The van der Waals surface area contributed by atoms with Crippen molar-refractivity contribution in [2.24, 2.45) is 0 Å². The molecule has 1 aromatic carbocycles. The molecule has 0 saturated carbocycles. The van der Waals surface area contributed by atoms with Crippen LogP contribution in [-0.2, 0) is 28.6 Å². The smallest absolute Gasteiger partial charge is 0.303 e. The second kappa shape index (κ2) is 10.8. The van der Waals surface area contributed by atoms with Crippen molar-refractivity contribution in [2.45, 2.75) is 44.5 Å². The van der Waals surface area contributed by atoms with Crippen LogP contribution in [0, 0.1) is 11.3 Å². The zero-order valence-electron chi connectivity index (χ0n) is 18.2. The normalized spacial score (nSPS) is 21.9. The predicted octanol–water partition coefficient (Wildman–Crippen LogP) is 2.87. The van der Waals surface area contributed by atoms with Gasteiger partial charge in [0.2, 0.25) is 0 Å². The highest BCUT2D eigenvalue weighted by Gasteiger charge is 2.47. The molecule has 1 aromatic heterocycles. The van der Waals surface area contributed by atoms with E-state index < -0.39 is 41.7 Å². The summed E-state index contributed by atoms with van der Waals surface area (Å²) in [5.41, 5.74) is 1.35. The van der Waals surface area contributed by atoms with Gasteiger partial charge in [0.25, 0.3) is 0 Å². The van der Waals surface area contributed by atoms with Crippen LogP contribution in [0.15, 0.2) is 42.6 Å².